The molecular weight excluding hydrogens is 258 g/mol. The zero-order valence-corrected chi connectivity index (χ0v) is 12.3. The standard InChI is InChI=1S/C16H22ClNO/c1-2-5-16(19)18-11-4-3-6-14(12-18)13-7-9-15(17)10-8-13/h7-10,14H,2-6,11-12H2,1H3. The smallest absolute Gasteiger partial charge is 0.222 e. The van der Waals surface area contributed by atoms with Crippen LogP contribution in [0, 0.1) is 0 Å². The summed E-state index contributed by atoms with van der Waals surface area (Å²) < 4.78 is 0. The normalized spacial score (nSPS) is 20.1. The number of rotatable bonds is 3. The molecule has 19 heavy (non-hydrogen) atoms. The number of amides is 1. The van der Waals surface area contributed by atoms with Gasteiger partial charge >= 0.3 is 0 Å². The van der Waals surface area contributed by atoms with Gasteiger partial charge in [0.1, 0.15) is 0 Å². The van der Waals surface area contributed by atoms with Crippen molar-refractivity contribution in [2.75, 3.05) is 13.1 Å². The molecule has 0 bridgehead atoms. The summed E-state index contributed by atoms with van der Waals surface area (Å²) in [6.45, 7) is 3.84. The first-order valence-corrected chi connectivity index (χ1v) is 7.61. The highest BCUT2D eigenvalue weighted by Gasteiger charge is 2.22. The van der Waals surface area contributed by atoms with Gasteiger partial charge in [0.15, 0.2) is 0 Å². The number of likely N-dealkylation sites (tertiary alicyclic amines) is 1. The van der Waals surface area contributed by atoms with E-state index in [-0.39, 0.29) is 0 Å². The van der Waals surface area contributed by atoms with Gasteiger partial charge in [-0.3, -0.25) is 4.79 Å². The van der Waals surface area contributed by atoms with Crippen LogP contribution < -0.4 is 0 Å². The summed E-state index contributed by atoms with van der Waals surface area (Å²) in [5.41, 5.74) is 1.31. The SMILES string of the molecule is CCCC(=O)N1CCCCC(c2ccc(Cl)cc2)C1. The molecule has 0 aliphatic carbocycles. The second-order valence-electron chi connectivity index (χ2n) is 5.33. The Hall–Kier alpha value is -1.02. The minimum Gasteiger partial charge on any atom is -0.342 e. The van der Waals surface area contributed by atoms with E-state index in [4.69, 9.17) is 11.6 Å². The first-order valence-electron chi connectivity index (χ1n) is 7.24. The molecule has 104 valence electrons. The number of nitrogens with zero attached hydrogens (tertiary/aromatic N) is 1. The molecule has 1 atom stereocenters. The van der Waals surface area contributed by atoms with Crippen molar-refractivity contribution < 1.29 is 4.79 Å². The van der Waals surface area contributed by atoms with Crippen LogP contribution in [0.4, 0.5) is 0 Å². The highest BCUT2D eigenvalue weighted by Crippen LogP contribution is 2.27. The molecule has 2 nitrogen and oxygen atoms in total. The zero-order chi connectivity index (χ0) is 13.7. The molecule has 0 N–H and O–H groups in total. The summed E-state index contributed by atoms with van der Waals surface area (Å²) in [5.74, 6) is 0.768. The lowest BCUT2D eigenvalue weighted by atomic mass is 9.94. The Bertz CT molecular complexity index is 415. The average molecular weight is 280 g/mol. The van der Waals surface area contributed by atoms with E-state index in [1.807, 2.05) is 12.1 Å². The Morgan fingerprint density at radius 1 is 1.32 bits per heavy atom. The highest BCUT2D eigenvalue weighted by molar-refractivity contribution is 6.30. The average Bonchev–Trinajstić information content (AvgIpc) is 2.66. The Balaban J connectivity index is 2.07. The molecular formula is C16H22ClNO. The summed E-state index contributed by atoms with van der Waals surface area (Å²) in [6.07, 6.45) is 5.09. The maximum absolute atomic E-state index is 12.1. The minimum atomic E-state index is 0.309. The van der Waals surface area contributed by atoms with Crippen molar-refractivity contribution in [3.05, 3.63) is 34.9 Å². The fraction of sp³-hybridized carbons (Fsp3) is 0.562. The van der Waals surface area contributed by atoms with Crippen molar-refractivity contribution in [1.82, 2.24) is 4.90 Å². The monoisotopic (exact) mass is 279 g/mol. The fourth-order valence-corrected chi connectivity index (χ4v) is 2.87. The Labute approximate surface area is 120 Å². The molecule has 3 heteroatoms. The third-order valence-electron chi connectivity index (χ3n) is 3.83. The van der Waals surface area contributed by atoms with E-state index in [9.17, 15) is 4.79 Å². The number of hydrogen-bond acceptors (Lipinski definition) is 1. The predicted octanol–water partition coefficient (Wildman–Crippen LogP) is 4.24. The van der Waals surface area contributed by atoms with Crippen molar-refractivity contribution >= 4 is 17.5 Å². The van der Waals surface area contributed by atoms with Crippen molar-refractivity contribution in [3.63, 3.8) is 0 Å². The lowest BCUT2D eigenvalue weighted by Gasteiger charge is -2.24. The van der Waals surface area contributed by atoms with E-state index in [0.717, 1.165) is 37.4 Å². The minimum absolute atomic E-state index is 0.309. The molecule has 0 radical (unpaired) electrons. The Morgan fingerprint density at radius 2 is 2.05 bits per heavy atom. The van der Waals surface area contributed by atoms with Crippen molar-refractivity contribution in [1.29, 1.82) is 0 Å². The predicted molar refractivity (Wildman–Crippen MR) is 79.5 cm³/mol. The van der Waals surface area contributed by atoms with E-state index >= 15 is 0 Å². The molecule has 1 fully saturated rings. The van der Waals surface area contributed by atoms with Crippen molar-refractivity contribution in [3.8, 4) is 0 Å². The molecule has 1 aromatic carbocycles. The van der Waals surface area contributed by atoms with Gasteiger partial charge < -0.3 is 4.90 Å². The lowest BCUT2D eigenvalue weighted by molar-refractivity contribution is -0.131. The van der Waals surface area contributed by atoms with Gasteiger partial charge in [-0.05, 0) is 37.0 Å². The largest absolute Gasteiger partial charge is 0.342 e. The second kappa shape index (κ2) is 6.95. The van der Waals surface area contributed by atoms with Gasteiger partial charge in [-0.1, -0.05) is 37.1 Å². The highest BCUT2D eigenvalue weighted by atomic mass is 35.5. The van der Waals surface area contributed by atoms with Gasteiger partial charge in [-0.2, -0.15) is 0 Å². The second-order valence-corrected chi connectivity index (χ2v) is 5.77. The van der Waals surface area contributed by atoms with Crippen LogP contribution >= 0.6 is 11.6 Å². The summed E-state index contributed by atoms with van der Waals surface area (Å²) in [5, 5.41) is 0.774. The summed E-state index contributed by atoms with van der Waals surface area (Å²) in [4.78, 5) is 14.1. The maximum atomic E-state index is 12.1. The molecule has 1 aliphatic rings. The summed E-state index contributed by atoms with van der Waals surface area (Å²) in [6, 6.07) is 8.08. The fourth-order valence-electron chi connectivity index (χ4n) is 2.75. The molecule has 1 unspecified atom stereocenters. The van der Waals surface area contributed by atoms with E-state index in [1.165, 1.54) is 12.0 Å². The molecule has 1 aromatic rings. The number of benzene rings is 1. The van der Waals surface area contributed by atoms with Crippen LogP contribution in [-0.2, 0) is 4.79 Å². The summed E-state index contributed by atoms with van der Waals surface area (Å²) >= 11 is 5.94. The molecule has 1 heterocycles. The van der Waals surface area contributed by atoms with E-state index in [0.29, 0.717) is 18.2 Å². The van der Waals surface area contributed by atoms with Crippen LogP contribution in [0.2, 0.25) is 5.02 Å². The molecule has 0 saturated carbocycles. The quantitative estimate of drug-likeness (QED) is 0.810. The van der Waals surface area contributed by atoms with Crippen LogP contribution in [0.5, 0.6) is 0 Å². The number of carbonyl (C=O) groups is 1. The Kier molecular flexibility index (Phi) is 5.26. The number of halogens is 1. The van der Waals surface area contributed by atoms with E-state index < -0.39 is 0 Å². The molecule has 0 aromatic heterocycles. The van der Waals surface area contributed by atoms with Crippen LogP contribution in [0.3, 0.4) is 0 Å². The first kappa shape index (κ1) is 14.4. The maximum Gasteiger partial charge on any atom is 0.222 e. The van der Waals surface area contributed by atoms with Crippen LogP contribution in [-0.4, -0.2) is 23.9 Å². The molecule has 1 saturated heterocycles. The van der Waals surface area contributed by atoms with E-state index in [1.54, 1.807) is 0 Å². The van der Waals surface area contributed by atoms with Gasteiger partial charge in [0.05, 0.1) is 0 Å². The van der Waals surface area contributed by atoms with Gasteiger partial charge in [-0.25, -0.2) is 0 Å². The third kappa shape index (κ3) is 3.97. The molecule has 1 amide bonds. The van der Waals surface area contributed by atoms with Gasteiger partial charge in [0, 0.05) is 30.5 Å². The van der Waals surface area contributed by atoms with Gasteiger partial charge in [-0.15, -0.1) is 0 Å². The molecule has 2 rings (SSSR count). The van der Waals surface area contributed by atoms with E-state index in [2.05, 4.69) is 24.0 Å². The van der Waals surface area contributed by atoms with Gasteiger partial charge in [0.2, 0.25) is 5.91 Å². The topological polar surface area (TPSA) is 20.3 Å². The van der Waals surface area contributed by atoms with Crippen LogP contribution in [0.25, 0.3) is 0 Å². The Morgan fingerprint density at radius 3 is 2.74 bits per heavy atom. The van der Waals surface area contributed by atoms with Crippen molar-refractivity contribution in [2.24, 2.45) is 0 Å². The number of hydrogen-bond donors (Lipinski definition) is 0. The lowest BCUT2D eigenvalue weighted by Crippen LogP contribution is -2.33. The third-order valence-corrected chi connectivity index (χ3v) is 4.08. The van der Waals surface area contributed by atoms with Crippen molar-refractivity contribution in [2.45, 2.75) is 44.9 Å². The first-order chi connectivity index (χ1) is 9.20. The van der Waals surface area contributed by atoms with Gasteiger partial charge in [0.25, 0.3) is 0 Å². The van der Waals surface area contributed by atoms with Crippen LogP contribution in [0.1, 0.15) is 50.5 Å². The summed E-state index contributed by atoms with van der Waals surface area (Å²) in [7, 11) is 0. The molecule has 1 aliphatic heterocycles. The van der Waals surface area contributed by atoms with Crippen LogP contribution in [0.15, 0.2) is 24.3 Å². The zero-order valence-electron chi connectivity index (χ0n) is 11.6. The number of carbonyl (C=O) groups excluding carboxylic acids is 1. The molecule has 0 spiro atoms.